The number of carbonyl (C=O) groups is 4. The number of esters is 1. The van der Waals surface area contributed by atoms with Crippen LogP contribution in [0.4, 0.5) is 11.4 Å². The number of ketones is 1. The Balaban J connectivity index is 1.88. The van der Waals surface area contributed by atoms with E-state index in [0.717, 1.165) is 0 Å². The highest BCUT2D eigenvalue weighted by Crippen LogP contribution is 2.54. The van der Waals surface area contributed by atoms with Crippen LogP contribution in [-0.4, -0.2) is 95.3 Å². The number of aliphatic hydroxyl groups is 3. The number of rotatable bonds is 5. The largest absolute Gasteiger partial charge is 0.509 e. The zero-order valence-electron chi connectivity index (χ0n) is 22.9. The highest BCUT2D eigenvalue weighted by molar-refractivity contribution is 6.37. The van der Waals surface area contributed by atoms with Crippen LogP contribution in [-0.2, 0) is 36.8 Å². The van der Waals surface area contributed by atoms with Gasteiger partial charge >= 0.3 is 11.9 Å². The van der Waals surface area contributed by atoms with Gasteiger partial charge in [0.2, 0.25) is 0 Å². The number of fused-ring (bicyclic) bond motifs is 3. The number of primary amides is 1. The van der Waals surface area contributed by atoms with Gasteiger partial charge in [-0.15, -0.1) is 0 Å². The summed E-state index contributed by atoms with van der Waals surface area (Å²) in [5.41, 5.74) is 4.06. The molecule has 1 aromatic rings. The third-order valence-electron chi connectivity index (χ3n) is 8.03. The highest BCUT2D eigenvalue weighted by atomic mass is 16.5. The lowest BCUT2D eigenvalue weighted by Gasteiger charge is -2.51. The minimum Gasteiger partial charge on any atom is -0.509 e. The van der Waals surface area contributed by atoms with Gasteiger partial charge in [-0.3, -0.25) is 19.3 Å². The number of likely N-dealkylation sites (N-methyl/N-ethyl adjacent to an activating group) is 1. The van der Waals surface area contributed by atoms with E-state index in [4.69, 9.17) is 10.5 Å². The van der Waals surface area contributed by atoms with E-state index in [2.05, 4.69) is 5.32 Å². The monoisotopic (exact) mass is 558 g/mol. The summed E-state index contributed by atoms with van der Waals surface area (Å²) in [5, 5.41) is 47.8. The zero-order valence-corrected chi connectivity index (χ0v) is 22.9. The molecule has 1 aromatic carbocycles. The lowest BCUT2D eigenvalue weighted by molar-refractivity contribution is -0.152. The first-order valence-electron chi connectivity index (χ1n) is 12.8. The van der Waals surface area contributed by atoms with Crippen LogP contribution in [0, 0.1) is 11.8 Å². The molecule has 3 unspecified atom stereocenters. The summed E-state index contributed by atoms with van der Waals surface area (Å²) in [6.45, 7) is 1.54. The first kappa shape index (κ1) is 28.9. The fourth-order valence-corrected chi connectivity index (χ4v) is 6.25. The third-order valence-corrected chi connectivity index (χ3v) is 8.03. The SMILES string of the molecule is CCOC(=O)C(=O)Nc1cc(N(C)C)c2c(c1O)CC1=C(O)C3(O)C(O)=C(C(N)=O)C(=O)[C@@H](N(C)C)C3CC1C2. The maximum absolute atomic E-state index is 13.2. The number of aromatic hydroxyl groups is 1. The molecule has 13 heteroatoms. The average molecular weight is 559 g/mol. The number of ether oxygens (including phenoxy) is 1. The second-order valence-electron chi connectivity index (χ2n) is 10.7. The van der Waals surface area contributed by atoms with Gasteiger partial charge < -0.3 is 41.1 Å². The number of hydrogen-bond donors (Lipinski definition) is 6. The highest BCUT2D eigenvalue weighted by Gasteiger charge is 2.61. The van der Waals surface area contributed by atoms with E-state index >= 15 is 0 Å². The molecule has 0 aromatic heterocycles. The van der Waals surface area contributed by atoms with Crippen LogP contribution in [0.2, 0.25) is 0 Å². The zero-order chi connectivity index (χ0) is 29.8. The van der Waals surface area contributed by atoms with Crippen molar-refractivity contribution in [3.05, 3.63) is 39.9 Å². The molecular formula is C27H34N4O9. The van der Waals surface area contributed by atoms with Crippen molar-refractivity contribution in [2.45, 2.75) is 37.8 Å². The second-order valence-corrected chi connectivity index (χ2v) is 10.7. The molecule has 2 amide bonds. The van der Waals surface area contributed by atoms with Gasteiger partial charge in [-0.25, -0.2) is 4.79 Å². The van der Waals surface area contributed by atoms with Crippen molar-refractivity contribution in [1.29, 1.82) is 0 Å². The molecule has 3 aliphatic rings. The number of nitrogens with zero attached hydrogens (tertiary/aromatic N) is 2. The molecule has 0 aliphatic heterocycles. The van der Waals surface area contributed by atoms with Crippen molar-refractivity contribution in [1.82, 2.24) is 4.90 Å². The molecule has 0 saturated carbocycles. The Morgan fingerprint density at radius 1 is 1.12 bits per heavy atom. The number of nitrogens with two attached hydrogens (primary N) is 1. The Morgan fingerprint density at radius 2 is 1.77 bits per heavy atom. The van der Waals surface area contributed by atoms with E-state index in [1.165, 1.54) is 11.0 Å². The Bertz CT molecular complexity index is 1380. The summed E-state index contributed by atoms with van der Waals surface area (Å²) in [4.78, 5) is 52.8. The molecule has 7 N–H and O–H groups in total. The normalized spacial score (nSPS) is 25.7. The Morgan fingerprint density at radius 3 is 2.33 bits per heavy atom. The van der Waals surface area contributed by atoms with Crippen molar-refractivity contribution in [2.75, 3.05) is 45.0 Å². The van der Waals surface area contributed by atoms with E-state index in [9.17, 15) is 39.6 Å². The van der Waals surface area contributed by atoms with Crippen molar-refractivity contribution in [2.24, 2.45) is 17.6 Å². The summed E-state index contributed by atoms with van der Waals surface area (Å²) in [5.74, 6) is -7.55. The molecule has 0 radical (unpaired) electrons. The van der Waals surface area contributed by atoms with E-state index in [-0.39, 0.29) is 37.3 Å². The first-order chi connectivity index (χ1) is 18.7. The van der Waals surface area contributed by atoms with Crippen LogP contribution >= 0.6 is 0 Å². The summed E-state index contributed by atoms with van der Waals surface area (Å²) >= 11 is 0. The molecule has 0 heterocycles. The quantitative estimate of drug-likeness (QED) is 0.123. The first-order valence-corrected chi connectivity index (χ1v) is 12.8. The summed E-state index contributed by atoms with van der Waals surface area (Å²) in [6, 6.07) is 0.468. The van der Waals surface area contributed by atoms with Crippen molar-refractivity contribution < 1.29 is 44.3 Å². The maximum atomic E-state index is 13.2. The number of carbonyl (C=O) groups excluding carboxylic acids is 4. The molecule has 0 fully saturated rings. The van der Waals surface area contributed by atoms with Gasteiger partial charge in [0.05, 0.1) is 18.3 Å². The molecule has 3 aliphatic carbocycles. The van der Waals surface area contributed by atoms with Crippen LogP contribution in [0.5, 0.6) is 5.75 Å². The van der Waals surface area contributed by atoms with Gasteiger partial charge in [0.1, 0.15) is 22.8 Å². The molecule has 0 saturated heterocycles. The number of aliphatic hydroxyl groups excluding tert-OH is 2. The second kappa shape index (κ2) is 10.1. The van der Waals surface area contributed by atoms with Crippen molar-refractivity contribution in [3.63, 3.8) is 0 Å². The van der Waals surface area contributed by atoms with Crippen LogP contribution < -0.4 is 16.0 Å². The fraction of sp³-hybridized carbons (Fsp3) is 0.481. The number of anilines is 2. The van der Waals surface area contributed by atoms with Crippen LogP contribution in [0.3, 0.4) is 0 Å². The van der Waals surface area contributed by atoms with Gasteiger partial charge in [-0.05, 0) is 57.0 Å². The van der Waals surface area contributed by atoms with Crippen molar-refractivity contribution >= 4 is 34.9 Å². The predicted molar refractivity (Wildman–Crippen MR) is 143 cm³/mol. The number of allylic oxidation sites excluding steroid dienone is 1. The van der Waals surface area contributed by atoms with Gasteiger partial charge in [-0.1, -0.05) is 0 Å². The lowest BCUT2D eigenvalue weighted by Crippen LogP contribution is -2.62. The van der Waals surface area contributed by atoms with Gasteiger partial charge in [0, 0.05) is 37.7 Å². The Kier molecular flexibility index (Phi) is 7.32. The van der Waals surface area contributed by atoms with Crippen LogP contribution in [0.15, 0.2) is 28.7 Å². The van der Waals surface area contributed by atoms with E-state index in [0.29, 0.717) is 22.4 Å². The molecule has 0 spiro atoms. The Labute approximate surface area is 230 Å². The molecule has 216 valence electrons. The van der Waals surface area contributed by atoms with E-state index in [1.807, 2.05) is 0 Å². The van der Waals surface area contributed by atoms with Crippen molar-refractivity contribution in [3.8, 4) is 5.75 Å². The maximum Gasteiger partial charge on any atom is 0.397 e. The summed E-state index contributed by atoms with van der Waals surface area (Å²) < 4.78 is 4.72. The topological polar surface area (TPSA) is 203 Å². The third kappa shape index (κ3) is 4.25. The fourth-order valence-electron chi connectivity index (χ4n) is 6.25. The van der Waals surface area contributed by atoms with Crippen LogP contribution in [0.25, 0.3) is 0 Å². The predicted octanol–water partition coefficient (Wildman–Crippen LogP) is 0.0480. The number of hydrogen-bond acceptors (Lipinski definition) is 11. The molecular weight excluding hydrogens is 524 g/mol. The lowest BCUT2D eigenvalue weighted by atomic mass is 9.59. The number of nitrogens with one attached hydrogen (secondary N) is 1. The summed E-state index contributed by atoms with van der Waals surface area (Å²) in [7, 11) is 6.71. The minimum absolute atomic E-state index is 0.0108. The number of phenolic OH excluding ortho intramolecular Hbond substituents is 1. The molecule has 13 nitrogen and oxygen atoms in total. The average Bonchev–Trinajstić information content (AvgIpc) is 2.86. The van der Waals surface area contributed by atoms with Gasteiger partial charge in [0.15, 0.2) is 11.4 Å². The van der Waals surface area contributed by atoms with Gasteiger partial charge in [0.25, 0.3) is 5.91 Å². The standard InChI is InChI=1S/C27H34N4O9/c1-6-40-26(38)25(37)29-16-10-17(30(2)3)13-7-11-8-15-19(31(4)5)21(33)18(24(28)36)23(35)27(15,39)22(34)12(11)9-14(13)20(16)32/h10-11,15,19,32,34-35,39H,6-9H2,1-5H3,(H2,28,36)(H,29,37)/t11?,15?,19-,27?/m0/s1. The molecule has 40 heavy (non-hydrogen) atoms. The number of benzene rings is 1. The van der Waals surface area contributed by atoms with E-state index in [1.54, 1.807) is 40.0 Å². The number of phenols is 1. The van der Waals surface area contributed by atoms with Crippen LogP contribution in [0.1, 0.15) is 24.5 Å². The summed E-state index contributed by atoms with van der Waals surface area (Å²) in [6.07, 6.45) is 0.362. The molecule has 4 atom stereocenters. The molecule has 0 bridgehead atoms. The molecule has 4 rings (SSSR count). The minimum atomic E-state index is -2.47. The smallest absolute Gasteiger partial charge is 0.397 e. The van der Waals surface area contributed by atoms with Gasteiger partial charge in [-0.2, -0.15) is 0 Å². The Hall–Kier alpha value is -4.10. The number of amides is 2. The van der Waals surface area contributed by atoms with E-state index < -0.39 is 64.1 Å². The number of Topliss-reactive ketones (excluding diaryl/α,β-unsaturated/α-hetero) is 1.